The van der Waals surface area contributed by atoms with Gasteiger partial charge in [0, 0.05) is 24.2 Å². The Morgan fingerprint density at radius 1 is 1.08 bits per heavy atom. The van der Waals surface area contributed by atoms with Crippen LogP contribution in [0.15, 0.2) is 89.7 Å². The van der Waals surface area contributed by atoms with Crippen molar-refractivity contribution in [3.8, 4) is 5.75 Å². The number of nitrogens with one attached hydrogen (secondary N) is 2. The molecule has 204 valence electrons. The lowest BCUT2D eigenvalue weighted by Gasteiger charge is -2.38. The van der Waals surface area contributed by atoms with Crippen LogP contribution in [0.2, 0.25) is 0 Å². The molecule has 39 heavy (non-hydrogen) atoms. The Morgan fingerprint density at radius 2 is 1.82 bits per heavy atom. The van der Waals surface area contributed by atoms with Crippen molar-refractivity contribution in [2.45, 2.75) is 37.7 Å². The quantitative estimate of drug-likeness (QED) is 0.401. The number of benzene rings is 1. The number of hydrogen-bond acceptors (Lipinski definition) is 8. The minimum absolute atomic E-state index is 0.0129. The summed E-state index contributed by atoms with van der Waals surface area (Å²) in [5, 5.41) is 2.25. The minimum atomic E-state index is -4.87. The molecule has 1 aliphatic heterocycles. The van der Waals surface area contributed by atoms with Crippen molar-refractivity contribution in [1.82, 2.24) is 14.7 Å². The SMILES string of the molecule is CC1=CC(C)(C)N(c2ncccc2C(=O)NS(=O)(=O)c2cccc(Nc3cccc(OC(F)(F)F)c3)n2)C=C1. The second kappa shape index (κ2) is 10.4. The van der Waals surface area contributed by atoms with Crippen LogP contribution in [0.3, 0.4) is 0 Å². The second-order valence-corrected chi connectivity index (χ2v) is 10.7. The van der Waals surface area contributed by atoms with Gasteiger partial charge < -0.3 is 15.0 Å². The highest BCUT2D eigenvalue weighted by Gasteiger charge is 2.32. The molecular weight excluding hydrogens is 535 g/mol. The fraction of sp³-hybridized carbons (Fsp3) is 0.192. The number of halogens is 3. The van der Waals surface area contributed by atoms with Gasteiger partial charge in [0.1, 0.15) is 17.4 Å². The molecule has 0 fully saturated rings. The fourth-order valence-electron chi connectivity index (χ4n) is 3.95. The molecule has 9 nitrogen and oxygen atoms in total. The number of amides is 1. The van der Waals surface area contributed by atoms with Crippen molar-refractivity contribution >= 4 is 33.3 Å². The van der Waals surface area contributed by atoms with Gasteiger partial charge in [0.05, 0.1) is 11.1 Å². The van der Waals surface area contributed by atoms with E-state index in [1.807, 2.05) is 37.6 Å². The van der Waals surface area contributed by atoms with Crippen molar-refractivity contribution < 1.29 is 31.1 Å². The van der Waals surface area contributed by atoms with Gasteiger partial charge in [-0.2, -0.15) is 8.42 Å². The number of nitrogens with zero attached hydrogens (tertiary/aromatic N) is 3. The summed E-state index contributed by atoms with van der Waals surface area (Å²) in [6.07, 6.45) is 2.25. The van der Waals surface area contributed by atoms with E-state index in [4.69, 9.17) is 0 Å². The summed E-state index contributed by atoms with van der Waals surface area (Å²) < 4.78 is 69.6. The average molecular weight is 560 g/mol. The smallest absolute Gasteiger partial charge is 0.406 e. The first-order valence-electron chi connectivity index (χ1n) is 11.5. The highest BCUT2D eigenvalue weighted by molar-refractivity contribution is 7.90. The third-order valence-corrected chi connectivity index (χ3v) is 6.75. The number of ether oxygens (including phenoxy) is 1. The Hall–Kier alpha value is -4.39. The van der Waals surface area contributed by atoms with Gasteiger partial charge in [-0.25, -0.2) is 14.7 Å². The minimum Gasteiger partial charge on any atom is -0.406 e. The molecule has 0 spiro atoms. The zero-order valence-corrected chi connectivity index (χ0v) is 21.8. The van der Waals surface area contributed by atoms with Crippen LogP contribution < -0.4 is 19.7 Å². The van der Waals surface area contributed by atoms with Crippen molar-refractivity contribution in [2.75, 3.05) is 10.2 Å². The number of pyridine rings is 2. The maximum atomic E-state index is 13.2. The van der Waals surface area contributed by atoms with Crippen LogP contribution in [0, 0.1) is 0 Å². The van der Waals surface area contributed by atoms with Crippen LogP contribution in [0.1, 0.15) is 31.1 Å². The summed E-state index contributed by atoms with van der Waals surface area (Å²) in [5.74, 6) is -1.10. The second-order valence-electron chi connectivity index (χ2n) is 9.10. The van der Waals surface area contributed by atoms with Crippen molar-refractivity contribution in [1.29, 1.82) is 0 Å². The van der Waals surface area contributed by atoms with E-state index >= 15 is 0 Å². The maximum absolute atomic E-state index is 13.2. The zero-order valence-electron chi connectivity index (χ0n) is 21.0. The number of anilines is 3. The monoisotopic (exact) mass is 559 g/mol. The molecule has 2 aromatic heterocycles. The lowest BCUT2D eigenvalue weighted by molar-refractivity contribution is -0.274. The molecule has 1 aromatic carbocycles. The standard InChI is InChI=1S/C26H24F3N5O4S/c1-17-12-14-34(25(2,3)16-17)23-20(9-6-13-30-23)24(35)33-39(36,37)22-11-5-10-21(32-22)31-18-7-4-8-19(15-18)38-26(27,28)29/h4-16H,1-3H3,(H,31,32)(H,33,35). The number of carbonyl (C=O) groups excluding carboxylic acids is 1. The first-order chi connectivity index (χ1) is 18.2. The number of carbonyl (C=O) groups is 1. The third kappa shape index (κ3) is 6.74. The van der Waals surface area contributed by atoms with E-state index in [1.165, 1.54) is 48.7 Å². The highest BCUT2D eigenvalue weighted by atomic mass is 32.2. The van der Waals surface area contributed by atoms with Crippen molar-refractivity contribution in [2.24, 2.45) is 0 Å². The van der Waals surface area contributed by atoms with Gasteiger partial charge in [-0.3, -0.25) is 4.79 Å². The number of rotatable bonds is 7. The number of alkyl halides is 3. The van der Waals surface area contributed by atoms with Crippen molar-refractivity contribution in [3.63, 3.8) is 0 Å². The Morgan fingerprint density at radius 3 is 2.54 bits per heavy atom. The maximum Gasteiger partial charge on any atom is 0.573 e. The Labute approximate surface area is 223 Å². The van der Waals surface area contributed by atoms with E-state index in [2.05, 4.69) is 20.0 Å². The summed E-state index contributed by atoms with van der Waals surface area (Å²) in [7, 11) is -4.44. The van der Waals surface area contributed by atoms with Crippen LogP contribution in [-0.2, 0) is 10.0 Å². The van der Waals surface area contributed by atoms with Gasteiger partial charge >= 0.3 is 6.36 Å². The molecule has 0 bridgehead atoms. The average Bonchev–Trinajstić information content (AvgIpc) is 2.82. The van der Waals surface area contributed by atoms with Gasteiger partial charge in [0.25, 0.3) is 15.9 Å². The lowest BCUT2D eigenvalue weighted by atomic mass is 9.96. The zero-order chi connectivity index (χ0) is 28.4. The van der Waals surface area contributed by atoms with E-state index in [0.29, 0.717) is 0 Å². The third-order valence-electron chi connectivity index (χ3n) is 5.51. The van der Waals surface area contributed by atoms with Crippen molar-refractivity contribution in [3.05, 3.63) is 90.3 Å². The Kier molecular flexibility index (Phi) is 7.37. The van der Waals surface area contributed by atoms with E-state index in [9.17, 15) is 26.4 Å². The molecule has 0 atom stereocenters. The van der Waals surface area contributed by atoms with Crippen LogP contribution in [0.4, 0.5) is 30.5 Å². The molecule has 0 radical (unpaired) electrons. The summed E-state index contributed by atoms with van der Waals surface area (Å²) in [5.41, 5.74) is 0.692. The Balaban J connectivity index is 1.55. The van der Waals surface area contributed by atoms with Crippen LogP contribution in [0.25, 0.3) is 0 Å². The molecule has 0 unspecified atom stereocenters. The lowest BCUT2D eigenvalue weighted by Crippen LogP contribution is -2.42. The van der Waals surface area contributed by atoms with E-state index in [0.717, 1.165) is 17.7 Å². The number of sulfonamides is 1. The normalized spacial score (nSPS) is 14.9. The van der Waals surface area contributed by atoms with Gasteiger partial charge in [-0.05, 0) is 63.2 Å². The molecular formula is C26H24F3N5O4S. The number of hydrogen-bond donors (Lipinski definition) is 2. The molecule has 4 rings (SSSR count). The largest absolute Gasteiger partial charge is 0.573 e. The summed E-state index contributed by atoms with van der Waals surface area (Å²) in [4.78, 5) is 23.3. The van der Waals surface area contributed by atoms with Gasteiger partial charge in [-0.15, -0.1) is 13.2 Å². The van der Waals surface area contributed by atoms with Gasteiger partial charge in [0.15, 0.2) is 5.03 Å². The van der Waals surface area contributed by atoms with E-state index in [1.54, 1.807) is 11.1 Å². The fourth-order valence-corrected chi connectivity index (χ4v) is 4.89. The molecule has 2 N–H and O–H groups in total. The molecule has 3 heterocycles. The van der Waals surface area contributed by atoms with E-state index in [-0.39, 0.29) is 22.9 Å². The van der Waals surface area contributed by atoms with Crippen LogP contribution >= 0.6 is 0 Å². The number of aromatic nitrogens is 2. The molecule has 0 saturated heterocycles. The van der Waals surface area contributed by atoms with Crippen LogP contribution in [0.5, 0.6) is 5.75 Å². The first kappa shape index (κ1) is 27.6. The molecule has 13 heteroatoms. The Bertz CT molecular complexity index is 1570. The molecule has 3 aromatic rings. The van der Waals surface area contributed by atoms with Gasteiger partial charge in [-0.1, -0.05) is 23.8 Å². The molecule has 1 aliphatic rings. The topological polar surface area (TPSA) is 114 Å². The first-order valence-corrected chi connectivity index (χ1v) is 13.0. The van der Waals surface area contributed by atoms with Crippen LogP contribution in [-0.4, -0.2) is 36.2 Å². The summed E-state index contributed by atoms with van der Waals surface area (Å²) in [6, 6.07) is 11.9. The number of allylic oxidation sites excluding steroid dienone is 2. The summed E-state index contributed by atoms with van der Waals surface area (Å²) >= 11 is 0. The predicted molar refractivity (Wildman–Crippen MR) is 139 cm³/mol. The van der Waals surface area contributed by atoms with E-state index < -0.39 is 38.6 Å². The highest BCUT2D eigenvalue weighted by Crippen LogP contribution is 2.31. The predicted octanol–water partition coefficient (Wildman–Crippen LogP) is 5.30. The molecule has 0 aliphatic carbocycles. The van der Waals surface area contributed by atoms with Gasteiger partial charge in [0.2, 0.25) is 0 Å². The molecule has 0 saturated carbocycles. The molecule has 1 amide bonds. The summed E-state index contributed by atoms with van der Waals surface area (Å²) in [6.45, 7) is 5.80.